The lowest BCUT2D eigenvalue weighted by Crippen LogP contribution is -3.04. The minimum atomic E-state index is -1.86. The monoisotopic (exact) mass is 779 g/mol. The molecule has 17 nitrogen and oxygen atoms in total. The van der Waals surface area contributed by atoms with Crippen LogP contribution in [-0.4, -0.2) is 108 Å². The van der Waals surface area contributed by atoms with Crippen molar-refractivity contribution in [2.24, 2.45) is 16.5 Å². The van der Waals surface area contributed by atoms with E-state index in [1.165, 1.54) is 0 Å². The van der Waals surface area contributed by atoms with Gasteiger partial charge in [-0.3, -0.25) is 19.5 Å². The Bertz CT molecular complexity index is 1980. The molecule has 9 atom stereocenters. The van der Waals surface area contributed by atoms with Crippen LogP contribution in [-0.2, 0) is 25.6 Å². The lowest BCUT2D eigenvalue weighted by atomic mass is 9.68. The fraction of sp³-hybridized carbons (Fsp3) is 0.513. The van der Waals surface area contributed by atoms with E-state index in [1.807, 2.05) is 18.2 Å². The van der Waals surface area contributed by atoms with E-state index < -0.39 is 73.0 Å². The van der Waals surface area contributed by atoms with Crippen LogP contribution in [0.1, 0.15) is 67.2 Å². The number of aliphatic hydroxyl groups is 3. The molecule has 1 saturated heterocycles. The Hall–Kier alpha value is -4.75. The average Bonchev–Trinajstić information content (AvgIpc) is 3.88. The number of aliphatic carboxylic acids is 1. The minimum Gasteiger partial charge on any atom is -0.493 e. The van der Waals surface area contributed by atoms with E-state index in [0.717, 1.165) is 65.0 Å². The second-order valence-electron chi connectivity index (χ2n) is 15.1. The number of aliphatic hydroxyl groups excluding tert-OH is 3. The summed E-state index contributed by atoms with van der Waals surface area (Å²) in [6, 6.07) is 7.43. The number of methoxy groups -OCH3 is 2. The van der Waals surface area contributed by atoms with Crippen molar-refractivity contribution in [1.82, 2.24) is 0 Å². The van der Waals surface area contributed by atoms with Gasteiger partial charge < -0.3 is 65.1 Å². The van der Waals surface area contributed by atoms with Crippen molar-refractivity contribution in [3.05, 3.63) is 64.5 Å². The van der Waals surface area contributed by atoms with Gasteiger partial charge in [0.2, 0.25) is 12.0 Å². The maximum Gasteiger partial charge on any atom is 0.317 e. The van der Waals surface area contributed by atoms with Crippen LogP contribution >= 0.6 is 0 Å². The van der Waals surface area contributed by atoms with E-state index in [4.69, 9.17) is 49.7 Å². The molecule has 56 heavy (non-hydrogen) atoms. The van der Waals surface area contributed by atoms with Gasteiger partial charge in [-0.2, -0.15) is 0 Å². The van der Waals surface area contributed by atoms with Gasteiger partial charge in [-0.1, -0.05) is 12.5 Å². The zero-order valence-electron chi connectivity index (χ0n) is 31.0. The first-order valence-electron chi connectivity index (χ1n) is 18.8. The third kappa shape index (κ3) is 6.66. The standard InChI is InChI=1S/C39H46N4O13/c1-50-23-7-6-21-28-34(54-32(21)33(23)51-2)27-19(16-43-15-18-8-11-42-22(18)17-43)12-20(13-24(27)56-39(28)9-4-3-5-10-39)52-38-31(49)29(47)30(48)35(55-38)36(37(40)41)53-26(46)14-25(44)45/h6-8,11-13,17,28-31,34-38,47-49H,3-5,9-10,14-16,40-41H2,1-2H3,(H,44,45)/p+1. The second-order valence-corrected chi connectivity index (χ2v) is 15.1. The number of benzene rings is 2. The number of aliphatic imine (C=N–C) groups is 1. The first kappa shape index (κ1) is 38.1. The Morgan fingerprint density at radius 3 is 2.54 bits per heavy atom. The van der Waals surface area contributed by atoms with Gasteiger partial charge in [-0.25, -0.2) is 0 Å². The van der Waals surface area contributed by atoms with Gasteiger partial charge in [-0.05, 0) is 43.9 Å². The molecule has 9 N–H and O–H groups in total. The Kier molecular flexibility index (Phi) is 10.2. The van der Waals surface area contributed by atoms with Gasteiger partial charge >= 0.3 is 11.9 Å². The van der Waals surface area contributed by atoms with Crippen LogP contribution < -0.4 is 40.1 Å². The maximum atomic E-state index is 12.3. The van der Waals surface area contributed by atoms with Crippen LogP contribution in [0.15, 0.2) is 52.8 Å². The molecule has 0 aromatic heterocycles. The zero-order chi connectivity index (χ0) is 39.5. The molecule has 1 aliphatic carbocycles. The van der Waals surface area contributed by atoms with Crippen molar-refractivity contribution in [3.8, 4) is 28.7 Å². The van der Waals surface area contributed by atoms with E-state index in [0.29, 0.717) is 36.1 Å². The van der Waals surface area contributed by atoms with Gasteiger partial charge in [0.05, 0.1) is 26.3 Å². The van der Waals surface area contributed by atoms with Crippen molar-refractivity contribution in [2.75, 3.05) is 20.8 Å². The molecule has 8 rings (SSSR count). The molecule has 0 radical (unpaired) electrons. The molecule has 17 heteroatoms. The molecule has 0 bridgehead atoms. The van der Waals surface area contributed by atoms with E-state index in [1.54, 1.807) is 32.6 Å². The largest absolute Gasteiger partial charge is 0.493 e. The summed E-state index contributed by atoms with van der Waals surface area (Å²) < 4.78 is 43.1. The first-order valence-corrected chi connectivity index (χ1v) is 18.8. The van der Waals surface area contributed by atoms with Crippen molar-refractivity contribution < 1.29 is 68.1 Å². The first-order chi connectivity index (χ1) is 26.9. The molecule has 0 amide bonds. The van der Waals surface area contributed by atoms with E-state index in [-0.39, 0.29) is 11.7 Å². The van der Waals surface area contributed by atoms with Crippen molar-refractivity contribution >= 4 is 18.2 Å². The number of nitrogens with zero attached hydrogens (tertiary/aromatic N) is 1. The molecule has 5 heterocycles. The fourth-order valence-corrected chi connectivity index (χ4v) is 9.11. The third-order valence-corrected chi connectivity index (χ3v) is 11.6. The Morgan fingerprint density at radius 2 is 1.84 bits per heavy atom. The van der Waals surface area contributed by atoms with Crippen LogP contribution in [0.3, 0.4) is 0 Å². The summed E-state index contributed by atoms with van der Waals surface area (Å²) in [5.74, 6) is -0.431. The van der Waals surface area contributed by atoms with Crippen molar-refractivity contribution in [3.63, 3.8) is 0 Å². The topological polar surface area (TPSA) is 249 Å². The molecule has 2 fully saturated rings. The number of quaternary nitrogens is 1. The molecule has 1 spiro atoms. The van der Waals surface area contributed by atoms with E-state index in [9.17, 15) is 24.9 Å². The highest BCUT2D eigenvalue weighted by atomic mass is 16.7. The minimum absolute atomic E-state index is 0.170. The number of allylic oxidation sites excluding steroid dienone is 1. The lowest BCUT2D eigenvalue weighted by Gasteiger charge is -2.48. The summed E-state index contributed by atoms with van der Waals surface area (Å²) in [7, 11) is 3.17. The zero-order valence-corrected chi connectivity index (χ0v) is 31.0. The highest BCUT2D eigenvalue weighted by Gasteiger charge is 2.58. The number of carboxylic acid groups (broad SMARTS) is 1. The summed E-state index contributed by atoms with van der Waals surface area (Å²) in [6.45, 7) is 1.16. The summed E-state index contributed by atoms with van der Waals surface area (Å²) in [5.41, 5.74) is 15.8. The number of carbonyl (C=O) groups is 2. The number of esters is 1. The Balaban J connectivity index is 1.19. The summed E-state index contributed by atoms with van der Waals surface area (Å²) >= 11 is 0. The van der Waals surface area contributed by atoms with Gasteiger partial charge in [0.1, 0.15) is 79.0 Å². The van der Waals surface area contributed by atoms with Gasteiger partial charge in [0, 0.05) is 34.5 Å². The van der Waals surface area contributed by atoms with Gasteiger partial charge in [0.15, 0.2) is 17.6 Å². The van der Waals surface area contributed by atoms with Crippen LogP contribution in [0, 0.1) is 0 Å². The van der Waals surface area contributed by atoms with Crippen LogP contribution in [0.4, 0.5) is 0 Å². The maximum absolute atomic E-state index is 12.3. The highest BCUT2D eigenvalue weighted by molar-refractivity contribution is 5.90. The quantitative estimate of drug-likeness (QED) is 0.0907. The number of nitrogens with one attached hydrogen (secondary N) is 1. The predicted molar refractivity (Wildman–Crippen MR) is 194 cm³/mol. The number of fused-ring (bicyclic) bond motifs is 7. The Labute approximate surface area is 322 Å². The smallest absolute Gasteiger partial charge is 0.317 e. The summed E-state index contributed by atoms with van der Waals surface area (Å²) in [4.78, 5) is 29.0. The SMILES string of the molecule is COc1ccc2c(c1OC)OC1c3c(C[NH+]4C=C5N=CC=C5C4)cc(OC4OC(C(OC(=O)CC(=O)O)C(N)N)C(O)C(O)C4O)cc3OC3(CCCCC3)C21. The number of hydrogen-bond acceptors (Lipinski definition) is 15. The van der Waals surface area contributed by atoms with E-state index in [2.05, 4.69) is 11.2 Å². The normalized spacial score (nSPS) is 29.9. The highest BCUT2D eigenvalue weighted by Crippen LogP contribution is 2.64. The predicted octanol–water partition coefficient (Wildman–Crippen LogP) is 0.0835. The number of nitrogens with two attached hydrogens (primary N) is 2. The average molecular weight is 780 g/mol. The van der Waals surface area contributed by atoms with Crippen molar-refractivity contribution in [1.29, 1.82) is 0 Å². The van der Waals surface area contributed by atoms with Gasteiger partial charge in [0.25, 0.3) is 0 Å². The summed E-state index contributed by atoms with van der Waals surface area (Å²) in [6.07, 6.45) is -2.90. The molecular weight excluding hydrogens is 732 g/mol. The number of hydrogen-bond donors (Lipinski definition) is 7. The molecule has 2 aromatic carbocycles. The molecule has 2 aromatic rings. The van der Waals surface area contributed by atoms with Crippen LogP contribution in [0.2, 0.25) is 0 Å². The van der Waals surface area contributed by atoms with Gasteiger partial charge in [-0.15, -0.1) is 0 Å². The Morgan fingerprint density at radius 1 is 1.05 bits per heavy atom. The molecule has 1 saturated carbocycles. The van der Waals surface area contributed by atoms with Crippen molar-refractivity contribution in [2.45, 2.75) is 106 Å². The molecular formula is C39H47N4O13+. The molecule has 5 aliphatic heterocycles. The van der Waals surface area contributed by atoms with Crippen LogP contribution in [0.5, 0.6) is 28.7 Å². The molecule has 6 aliphatic rings. The number of rotatable bonds is 11. The second kappa shape index (κ2) is 15.0. The number of ether oxygens (including phenoxy) is 7. The van der Waals surface area contributed by atoms with Crippen LogP contribution in [0.25, 0.3) is 0 Å². The molecule has 300 valence electrons. The number of carbonyl (C=O) groups excluding carboxylic acids is 1. The lowest BCUT2D eigenvalue weighted by molar-refractivity contribution is -0.851. The number of carboxylic acids is 1. The summed E-state index contributed by atoms with van der Waals surface area (Å²) in [5, 5.41) is 42.1. The van der Waals surface area contributed by atoms with E-state index >= 15 is 0 Å². The molecule has 9 unspecified atom stereocenters. The fourth-order valence-electron chi connectivity index (χ4n) is 9.11. The third-order valence-electron chi connectivity index (χ3n) is 11.6.